The molecule has 0 atom stereocenters. The summed E-state index contributed by atoms with van der Waals surface area (Å²) in [5, 5.41) is 0. The lowest BCUT2D eigenvalue weighted by molar-refractivity contribution is 0.0854. The third-order valence-electron chi connectivity index (χ3n) is 5.93. The Hall–Kier alpha value is -2.49. The number of carbonyl (C=O) groups excluding carboxylic acids is 1. The van der Waals surface area contributed by atoms with Crippen molar-refractivity contribution in [1.29, 1.82) is 0 Å². The minimum Gasteiger partial charge on any atom is -0.303 e. The largest absolute Gasteiger partial charge is 0.303 e. The van der Waals surface area contributed by atoms with Crippen molar-refractivity contribution in [2.45, 2.75) is 59.3 Å². The number of ketones is 1. The summed E-state index contributed by atoms with van der Waals surface area (Å²) >= 11 is 0. The van der Waals surface area contributed by atoms with Crippen molar-refractivity contribution in [2.75, 3.05) is 0 Å². The van der Waals surface area contributed by atoms with E-state index in [1.165, 1.54) is 6.07 Å². The Morgan fingerprint density at radius 3 is 2.68 bits per heavy atom. The molecule has 1 fully saturated rings. The zero-order valence-electron chi connectivity index (χ0n) is 16.9. The first-order chi connectivity index (χ1) is 13.5. The van der Waals surface area contributed by atoms with Crippen LogP contribution in [0.15, 0.2) is 30.5 Å². The van der Waals surface area contributed by atoms with Gasteiger partial charge in [0.1, 0.15) is 11.5 Å². The molecular weight excluding hydrogens is 351 g/mol. The maximum Gasteiger partial charge on any atom is 0.166 e. The van der Waals surface area contributed by atoms with Crippen molar-refractivity contribution < 1.29 is 9.18 Å². The number of benzene rings is 1. The standard InChI is InChI=1S/C24H27FN2O/c1-4-5-9-20-23(26-21-12-15(2)10-11-27(20)21)22-16(3)13-18(14-19(22)25)24(28)17-7-6-8-17/h10-14,17H,4-9H2,1-3H3. The zero-order chi connectivity index (χ0) is 19.8. The number of nitrogens with zero attached hydrogens (tertiary/aromatic N) is 2. The normalized spacial score (nSPS) is 14.4. The van der Waals surface area contributed by atoms with Crippen LogP contribution in [0.3, 0.4) is 0 Å². The number of hydrogen-bond acceptors (Lipinski definition) is 2. The van der Waals surface area contributed by atoms with Gasteiger partial charge in [0.15, 0.2) is 5.78 Å². The molecule has 0 radical (unpaired) electrons. The van der Waals surface area contributed by atoms with E-state index in [4.69, 9.17) is 4.98 Å². The van der Waals surface area contributed by atoms with Gasteiger partial charge in [0.25, 0.3) is 0 Å². The maximum absolute atomic E-state index is 15.3. The third-order valence-corrected chi connectivity index (χ3v) is 5.93. The topological polar surface area (TPSA) is 34.4 Å². The summed E-state index contributed by atoms with van der Waals surface area (Å²) in [6, 6.07) is 7.35. The molecule has 28 heavy (non-hydrogen) atoms. The van der Waals surface area contributed by atoms with Crippen LogP contribution < -0.4 is 0 Å². The number of imidazole rings is 1. The molecule has 4 rings (SSSR count). The van der Waals surface area contributed by atoms with Crippen molar-refractivity contribution in [3.05, 3.63) is 58.7 Å². The van der Waals surface area contributed by atoms with Gasteiger partial charge >= 0.3 is 0 Å². The van der Waals surface area contributed by atoms with E-state index in [0.717, 1.165) is 61.0 Å². The van der Waals surface area contributed by atoms with Crippen molar-refractivity contribution in [3.63, 3.8) is 0 Å². The number of pyridine rings is 1. The molecule has 0 N–H and O–H groups in total. The molecule has 0 bridgehead atoms. The van der Waals surface area contributed by atoms with Gasteiger partial charge in [-0.15, -0.1) is 0 Å². The second-order valence-electron chi connectivity index (χ2n) is 8.08. The molecule has 0 aliphatic heterocycles. The first-order valence-electron chi connectivity index (χ1n) is 10.3. The number of hydrogen-bond donors (Lipinski definition) is 0. The highest BCUT2D eigenvalue weighted by molar-refractivity contribution is 5.99. The van der Waals surface area contributed by atoms with Crippen LogP contribution in [0.5, 0.6) is 0 Å². The van der Waals surface area contributed by atoms with Crippen LogP contribution in [-0.4, -0.2) is 15.2 Å². The van der Waals surface area contributed by atoms with Gasteiger partial charge in [0.2, 0.25) is 0 Å². The number of aryl methyl sites for hydroxylation is 3. The van der Waals surface area contributed by atoms with Gasteiger partial charge in [-0.25, -0.2) is 9.37 Å². The van der Waals surface area contributed by atoms with Crippen molar-refractivity contribution in [1.82, 2.24) is 9.38 Å². The highest BCUT2D eigenvalue weighted by Gasteiger charge is 2.28. The summed E-state index contributed by atoms with van der Waals surface area (Å²) in [6.07, 6.45) is 7.90. The lowest BCUT2D eigenvalue weighted by Crippen LogP contribution is -2.22. The Kier molecular flexibility index (Phi) is 5.05. The molecule has 1 aliphatic carbocycles. The predicted molar refractivity (Wildman–Crippen MR) is 110 cm³/mol. The van der Waals surface area contributed by atoms with Crippen molar-refractivity contribution in [2.24, 2.45) is 5.92 Å². The Labute approximate surface area is 165 Å². The quantitative estimate of drug-likeness (QED) is 0.487. The van der Waals surface area contributed by atoms with Crippen molar-refractivity contribution >= 4 is 11.4 Å². The van der Waals surface area contributed by atoms with Gasteiger partial charge < -0.3 is 4.40 Å². The van der Waals surface area contributed by atoms with Crippen LogP contribution in [-0.2, 0) is 6.42 Å². The lowest BCUT2D eigenvalue weighted by Gasteiger charge is -2.24. The second kappa shape index (κ2) is 7.50. The second-order valence-corrected chi connectivity index (χ2v) is 8.08. The molecule has 1 saturated carbocycles. The molecule has 3 aromatic rings. The summed E-state index contributed by atoms with van der Waals surface area (Å²) in [6.45, 7) is 6.07. The predicted octanol–water partition coefficient (Wildman–Crippen LogP) is 6.08. The smallest absolute Gasteiger partial charge is 0.166 e. The first-order valence-corrected chi connectivity index (χ1v) is 10.3. The zero-order valence-corrected chi connectivity index (χ0v) is 16.9. The average molecular weight is 378 g/mol. The molecule has 0 spiro atoms. The number of aromatic nitrogens is 2. The minimum absolute atomic E-state index is 0.0722. The van der Waals surface area contributed by atoms with Crippen LogP contribution in [0, 0.1) is 25.6 Å². The minimum atomic E-state index is -0.347. The van der Waals surface area contributed by atoms with Gasteiger partial charge in [-0.2, -0.15) is 0 Å². The van der Waals surface area contributed by atoms with E-state index in [1.807, 2.05) is 32.2 Å². The van der Waals surface area contributed by atoms with E-state index in [-0.39, 0.29) is 17.5 Å². The van der Waals surface area contributed by atoms with Gasteiger partial charge in [0, 0.05) is 23.2 Å². The van der Waals surface area contributed by atoms with E-state index in [2.05, 4.69) is 17.4 Å². The Balaban J connectivity index is 1.83. The molecule has 1 aromatic carbocycles. The van der Waals surface area contributed by atoms with Gasteiger partial charge in [-0.3, -0.25) is 4.79 Å². The summed E-state index contributed by atoms with van der Waals surface area (Å²) in [7, 11) is 0. The molecule has 0 amide bonds. The fourth-order valence-electron chi connectivity index (χ4n) is 4.07. The molecule has 146 valence electrons. The van der Waals surface area contributed by atoms with Crippen molar-refractivity contribution in [3.8, 4) is 11.3 Å². The van der Waals surface area contributed by atoms with E-state index < -0.39 is 0 Å². The van der Waals surface area contributed by atoms with E-state index in [1.54, 1.807) is 0 Å². The van der Waals surface area contributed by atoms with Crippen LogP contribution >= 0.6 is 0 Å². The molecule has 2 aromatic heterocycles. The molecule has 3 nitrogen and oxygen atoms in total. The molecule has 0 saturated heterocycles. The summed E-state index contributed by atoms with van der Waals surface area (Å²) in [4.78, 5) is 17.4. The number of rotatable bonds is 6. The van der Waals surface area contributed by atoms with Gasteiger partial charge in [0.05, 0.1) is 11.4 Å². The van der Waals surface area contributed by atoms with Crippen LogP contribution in [0.4, 0.5) is 4.39 Å². The Morgan fingerprint density at radius 1 is 1.25 bits per heavy atom. The monoisotopic (exact) mass is 378 g/mol. The Morgan fingerprint density at radius 2 is 2.04 bits per heavy atom. The SMILES string of the molecule is CCCCc1c(-c2c(C)cc(C(=O)C3CCC3)cc2F)nc2cc(C)ccn12. The summed E-state index contributed by atoms with van der Waals surface area (Å²) in [5.41, 5.74) is 5.52. The fourth-order valence-corrected chi connectivity index (χ4v) is 4.07. The highest BCUT2D eigenvalue weighted by atomic mass is 19.1. The Bertz CT molecular complexity index is 1020. The molecule has 2 heterocycles. The lowest BCUT2D eigenvalue weighted by atomic mass is 9.79. The number of halogens is 1. The van der Waals surface area contributed by atoms with Crippen LogP contribution in [0.2, 0.25) is 0 Å². The molecule has 0 unspecified atom stereocenters. The van der Waals surface area contributed by atoms with E-state index >= 15 is 4.39 Å². The maximum atomic E-state index is 15.3. The van der Waals surface area contributed by atoms with Gasteiger partial charge in [-0.1, -0.05) is 19.8 Å². The highest BCUT2D eigenvalue weighted by Crippen LogP contribution is 2.34. The fraction of sp³-hybridized carbons (Fsp3) is 0.417. The number of unbranched alkanes of at least 4 members (excludes halogenated alkanes) is 1. The first kappa shape index (κ1) is 18.9. The van der Waals surface area contributed by atoms with Crippen LogP contribution in [0.25, 0.3) is 16.9 Å². The number of fused-ring (bicyclic) bond motifs is 1. The molecule has 1 aliphatic rings. The number of Topliss-reactive ketones (excluding diaryl/α,β-unsaturated/α-hetero) is 1. The summed E-state index contributed by atoms with van der Waals surface area (Å²) < 4.78 is 17.3. The van der Waals surface area contributed by atoms with Gasteiger partial charge in [-0.05, 0) is 74.9 Å². The van der Waals surface area contributed by atoms with Crippen LogP contribution in [0.1, 0.15) is 66.2 Å². The molecule has 4 heteroatoms. The van der Waals surface area contributed by atoms with E-state index in [9.17, 15) is 4.79 Å². The molecular formula is C24H27FN2O. The third kappa shape index (κ3) is 3.25. The average Bonchev–Trinajstić information content (AvgIpc) is 2.94. The summed E-state index contributed by atoms with van der Waals surface area (Å²) in [5.74, 6) is -0.194. The van der Waals surface area contributed by atoms with E-state index in [0.29, 0.717) is 16.8 Å². The number of carbonyl (C=O) groups is 1.